The molecule has 0 saturated carbocycles. The molecule has 0 fully saturated rings. The van der Waals surface area contributed by atoms with Crippen LogP contribution in [-0.4, -0.2) is 17.0 Å². The first-order valence-corrected chi connectivity index (χ1v) is 5.19. The monoisotopic (exact) mass is 269 g/mol. The molecular formula is C10H8BrNO3. The van der Waals surface area contributed by atoms with Gasteiger partial charge in [-0.3, -0.25) is 9.59 Å². The first-order chi connectivity index (χ1) is 7.08. The minimum atomic E-state index is -0.923. The van der Waals surface area contributed by atoms with Crippen LogP contribution in [0.25, 0.3) is 0 Å². The lowest BCUT2D eigenvalue weighted by atomic mass is 10.0. The average Bonchev–Trinajstić information content (AvgIpc) is 2.42. The first kappa shape index (κ1) is 10.2. The smallest absolute Gasteiger partial charge is 0.305 e. The molecule has 0 bridgehead atoms. The van der Waals surface area contributed by atoms with Gasteiger partial charge in [-0.05, 0) is 23.8 Å². The van der Waals surface area contributed by atoms with Gasteiger partial charge in [-0.15, -0.1) is 0 Å². The van der Waals surface area contributed by atoms with Crippen LogP contribution in [-0.2, 0) is 4.79 Å². The van der Waals surface area contributed by atoms with Crippen LogP contribution >= 0.6 is 15.9 Å². The summed E-state index contributed by atoms with van der Waals surface area (Å²) in [6.07, 6.45) is -0.0881. The predicted molar refractivity (Wildman–Crippen MR) is 56.6 cm³/mol. The highest BCUT2D eigenvalue weighted by Crippen LogP contribution is 2.30. The summed E-state index contributed by atoms with van der Waals surface area (Å²) in [5, 5.41) is 11.3. The van der Waals surface area contributed by atoms with E-state index in [0.29, 0.717) is 5.56 Å². The van der Waals surface area contributed by atoms with E-state index in [0.717, 1.165) is 10.0 Å². The van der Waals surface area contributed by atoms with Crippen LogP contribution in [0.4, 0.5) is 0 Å². The highest BCUT2D eigenvalue weighted by molar-refractivity contribution is 9.10. The number of benzene rings is 1. The van der Waals surface area contributed by atoms with E-state index in [9.17, 15) is 9.59 Å². The van der Waals surface area contributed by atoms with E-state index in [2.05, 4.69) is 21.2 Å². The fraction of sp³-hybridized carbons (Fsp3) is 0.200. The van der Waals surface area contributed by atoms with Gasteiger partial charge in [0, 0.05) is 10.0 Å². The maximum Gasteiger partial charge on any atom is 0.305 e. The normalized spacial score (nSPS) is 18.5. The Hall–Kier alpha value is -1.36. The minimum absolute atomic E-state index is 0.0881. The van der Waals surface area contributed by atoms with Gasteiger partial charge in [-0.25, -0.2) is 0 Å². The number of carboxylic acid groups (broad SMARTS) is 1. The molecule has 1 heterocycles. The molecule has 5 heteroatoms. The topological polar surface area (TPSA) is 66.4 Å². The second-order valence-electron chi connectivity index (χ2n) is 3.36. The third kappa shape index (κ3) is 1.87. The van der Waals surface area contributed by atoms with E-state index >= 15 is 0 Å². The zero-order chi connectivity index (χ0) is 11.0. The van der Waals surface area contributed by atoms with E-state index in [4.69, 9.17) is 5.11 Å². The summed E-state index contributed by atoms with van der Waals surface area (Å²) >= 11 is 3.29. The van der Waals surface area contributed by atoms with Crippen molar-refractivity contribution in [2.75, 3.05) is 0 Å². The average molecular weight is 270 g/mol. The second-order valence-corrected chi connectivity index (χ2v) is 4.27. The highest BCUT2D eigenvalue weighted by atomic mass is 79.9. The Balaban J connectivity index is 2.39. The Morgan fingerprint density at radius 3 is 2.93 bits per heavy atom. The van der Waals surface area contributed by atoms with Gasteiger partial charge in [0.25, 0.3) is 5.91 Å². The molecule has 0 radical (unpaired) electrons. The molecule has 0 aliphatic carbocycles. The lowest BCUT2D eigenvalue weighted by Gasteiger charge is -2.08. The van der Waals surface area contributed by atoms with Gasteiger partial charge in [0.15, 0.2) is 0 Å². The van der Waals surface area contributed by atoms with Crippen LogP contribution in [0.2, 0.25) is 0 Å². The molecule has 0 unspecified atom stereocenters. The van der Waals surface area contributed by atoms with Crippen molar-refractivity contribution in [1.29, 1.82) is 0 Å². The molecule has 1 aromatic rings. The Morgan fingerprint density at radius 2 is 2.27 bits per heavy atom. The zero-order valence-corrected chi connectivity index (χ0v) is 9.24. The third-order valence-corrected chi connectivity index (χ3v) is 2.81. The third-order valence-electron chi connectivity index (χ3n) is 2.32. The summed E-state index contributed by atoms with van der Waals surface area (Å²) in [5.74, 6) is -1.13. The van der Waals surface area contributed by atoms with Crippen LogP contribution in [0, 0.1) is 0 Å². The maximum atomic E-state index is 11.4. The molecular weight excluding hydrogens is 262 g/mol. The van der Waals surface area contributed by atoms with Crippen molar-refractivity contribution >= 4 is 27.8 Å². The molecule has 4 nitrogen and oxygen atoms in total. The predicted octanol–water partition coefficient (Wildman–Crippen LogP) is 1.71. The number of nitrogens with one attached hydrogen (secondary N) is 1. The van der Waals surface area contributed by atoms with Crippen molar-refractivity contribution in [3.05, 3.63) is 33.8 Å². The van der Waals surface area contributed by atoms with Gasteiger partial charge in [0.05, 0.1) is 12.5 Å². The molecule has 1 aromatic carbocycles. The van der Waals surface area contributed by atoms with Crippen molar-refractivity contribution in [1.82, 2.24) is 5.32 Å². The molecule has 2 N–H and O–H groups in total. The Labute approximate surface area is 94.4 Å². The van der Waals surface area contributed by atoms with Gasteiger partial charge >= 0.3 is 5.97 Å². The summed E-state index contributed by atoms with van der Waals surface area (Å²) < 4.78 is 0.841. The fourth-order valence-corrected chi connectivity index (χ4v) is 2.06. The molecule has 2 rings (SSSR count). The molecule has 78 valence electrons. The van der Waals surface area contributed by atoms with Crippen molar-refractivity contribution in [3.8, 4) is 0 Å². The largest absolute Gasteiger partial charge is 0.481 e. The van der Waals surface area contributed by atoms with E-state index in [-0.39, 0.29) is 12.3 Å². The Kier molecular flexibility index (Phi) is 2.48. The molecule has 15 heavy (non-hydrogen) atoms. The molecule has 0 aromatic heterocycles. The van der Waals surface area contributed by atoms with Gasteiger partial charge < -0.3 is 10.4 Å². The standard InChI is InChI=1S/C10H8BrNO3/c11-5-1-2-6-7(3-5)8(4-9(13)14)12-10(6)15/h1-3,8H,4H2,(H,12,15)(H,13,14)/t8-/m0/s1. The van der Waals surface area contributed by atoms with Crippen molar-refractivity contribution in [2.45, 2.75) is 12.5 Å². The molecule has 1 amide bonds. The van der Waals surface area contributed by atoms with E-state index in [1.165, 1.54) is 0 Å². The van der Waals surface area contributed by atoms with Gasteiger partial charge in [0.1, 0.15) is 0 Å². The van der Waals surface area contributed by atoms with Crippen LogP contribution in [0.3, 0.4) is 0 Å². The number of carboxylic acids is 1. The lowest BCUT2D eigenvalue weighted by molar-refractivity contribution is -0.137. The van der Waals surface area contributed by atoms with Crippen LogP contribution in [0.1, 0.15) is 28.4 Å². The SMILES string of the molecule is O=C(O)C[C@@H]1NC(=O)c2ccc(Br)cc21. The van der Waals surface area contributed by atoms with Crippen molar-refractivity contribution < 1.29 is 14.7 Å². The van der Waals surface area contributed by atoms with E-state index in [1.54, 1.807) is 18.2 Å². The zero-order valence-electron chi connectivity index (χ0n) is 7.66. The molecule has 0 spiro atoms. The summed E-state index contributed by atoms with van der Waals surface area (Å²) in [5.41, 5.74) is 1.31. The number of carbonyl (C=O) groups is 2. The highest BCUT2D eigenvalue weighted by Gasteiger charge is 2.29. The van der Waals surface area contributed by atoms with Gasteiger partial charge in [-0.1, -0.05) is 15.9 Å². The van der Waals surface area contributed by atoms with Crippen LogP contribution < -0.4 is 5.32 Å². The second kappa shape index (κ2) is 3.66. The fourth-order valence-electron chi connectivity index (χ4n) is 1.68. The number of aliphatic carboxylic acids is 1. The van der Waals surface area contributed by atoms with Gasteiger partial charge in [-0.2, -0.15) is 0 Å². The number of carbonyl (C=O) groups excluding carboxylic acids is 1. The molecule has 1 atom stereocenters. The van der Waals surface area contributed by atoms with Crippen LogP contribution in [0.15, 0.2) is 22.7 Å². The van der Waals surface area contributed by atoms with E-state index in [1.807, 2.05) is 0 Å². The minimum Gasteiger partial charge on any atom is -0.481 e. The van der Waals surface area contributed by atoms with E-state index < -0.39 is 12.0 Å². The quantitative estimate of drug-likeness (QED) is 0.859. The summed E-state index contributed by atoms with van der Waals surface area (Å²) in [6, 6.07) is 4.82. The lowest BCUT2D eigenvalue weighted by Crippen LogP contribution is -2.21. The number of amides is 1. The molecule has 1 aliphatic heterocycles. The van der Waals surface area contributed by atoms with Crippen LogP contribution in [0.5, 0.6) is 0 Å². The summed E-state index contributed by atoms with van der Waals surface area (Å²) in [4.78, 5) is 22.0. The number of fused-ring (bicyclic) bond motifs is 1. The van der Waals surface area contributed by atoms with Crippen molar-refractivity contribution in [3.63, 3.8) is 0 Å². The van der Waals surface area contributed by atoms with Gasteiger partial charge in [0.2, 0.25) is 0 Å². The Morgan fingerprint density at radius 1 is 1.53 bits per heavy atom. The number of hydrogen-bond acceptors (Lipinski definition) is 2. The molecule has 0 saturated heterocycles. The summed E-state index contributed by atoms with van der Waals surface area (Å²) in [7, 11) is 0. The van der Waals surface area contributed by atoms with Crippen molar-refractivity contribution in [2.24, 2.45) is 0 Å². The first-order valence-electron chi connectivity index (χ1n) is 4.40. The number of rotatable bonds is 2. The summed E-state index contributed by atoms with van der Waals surface area (Å²) in [6.45, 7) is 0. The number of halogens is 1. The molecule has 1 aliphatic rings. The Bertz CT molecular complexity index is 442. The maximum absolute atomic E-state index is 11.4. The number of hydrogen-bond donors (Lipinski definition) is 2.